The Bertz CT molecular complexity index is 504. The number of hydrogen-bond donors (Lipinski definition) is 1. The Morgan fingerprint density at radius 2 is 1.63 bits per heavy atom. The summed E-state index contributed by atoms with van der Waals surface area (Å²) >= 11 is 0. The van der Waals surface area contributed by atoms with Gasteiger partial charge in [-0.05, 0) is 82.5 Å². The van der Waals surface area contributed by atoms with Crippen molar-refractivity contribution in [2.24, 2.45) is 23.5 Å². The van der Waals surface area contributed by atoms with Crippen LogP contribution in [0.4, 0.5) is 9.18 Å². The number of rotatable bonds is 10. The summed E-state index contributed by atoms with van der Waals surface area (Å²) in [5.41, 5.74) is 5.80. The van der Waals surface area contributed by atoms with Gasteiger partial charge in [0.15, 0.2) is 6.17 Å². The zero-order valence-electron chi connectivity index (χ0n) is 16.6. The number of alkyl halides is 1. The molecular weight excluding hydrogens is 347 g/mol. The van der Waals surface area contributed by atoms with Crippen molar-refractivity contribution in [3.63, 3.8) is 0 Å². The van der Waals surface area contributed by atoms with Crippen molar-refractivity contribution in [2.75, 3.05) is 13.2 Å². The monoisotopic (exact) mass is 382 g/mol. The van der Waals surface area contributed by atoms with E-state index < -0.39 is 12.1 Å². The second-order valence-electron chi connectivity index (χ2n) is 9.05. The summed E-state index contributed by atoms with van der Waals surface area (Å²) < 4.78 is 18.3. The topological polar surface area (TPSA) is 72.6 Å². The number of amides is 2. The van der Waals surface area contributed by atoms with Crippen LogP contribution in [0, 0.1) is 17.8 Å². The second kappa shape index (κ2) is 8.78. The Labute approximate surface area is 162 Å². The number of carbonyl (C=O) groups excluding carboxylic acids is 2. The van der Waals surface area contributed by atoms with Crippen LogP contribution >= 0.6 is 0 Å². The van der Waals surface area contributed by atoms with Crippen LogP contribution in [0.15, 0.2) is 0 Å². The standard InChI is InChI=1S/C21H35FN2O3/c1-2-27-19(25)18(22)7-5-3-4-6-8-24(20(23)26)21-12-15-9-16(13-21)11-17(10-15)14-21/h15-18H,2-14H2,1H3,(H2,23,26). The van der Waals surface area contributed by atoms with Crippen LogP contribution in [-0.4, -0.2) is 41.8 Å². The minimum Gasteiger partial charge on any atom is -0.464 e. The summed E-state index contributed by atoms with van der Waals surface area (Å²) in [4.78, 5) is 25.5. The lowest BCUT2D eigenvalue weighted by Crippen LogP contribution is -2.62. The SMILES string of the molecule is CCOC(=O)C(F)CCCCCCN(C(N)=O)C12CC3CC(CC(C3)C1)C2. The van der Waals surface area contributed by atoms with E-state index in [1.54, 1.807) is 6.92 Å². The van der Waals surface area contributed by atoms with Gasteiger partial charge >= 0.3 is 12.0 Å². The van der Waals surface area contributed by atoms with Crippen molar-refractivity contribution in [3.8, 4) is 0 Å². The summed E-state index contributed by atoms with van der Waals surface area (Å²) in [5.74, 6) is 1.59. The highest BCUT2D eigenvalue weighted by atomic mass is 19.1. The number of halogens is 1. The first kappa shape index (κ1) is 20.4. The van der Waals surface area contributed by atoms with Crippen molar-refractivity contribution in [3.05, 3.63) is 0 Å². The van der Waals surface area contributed by atoms with E-state index in [0.29, 0.717) is 13.0 Å². The quantitative estimate of drug-likeness (QED) is 0.455. The average molecular weight is 383 g/mol. The number of esters is 1. The van der Waals surface area contributed by atoms with Crippen LogP contribution in [0.3, 0.4) is 0 Å². The highest BCUT2D eigenvalue weighted by molar-refractivity contribution is 5.74. The van der Waals surface area contributed by atoms with E-state index in [9.17, 15) is 14.0 Å². The lowest BCUT2D eigenvalue weighted by Gasteiger charge is -2.60. The summed E-state index contributed by atoms with van der Waals surface area (Å²) in [7, 11) is 0. The molecule has 0 aromatic heterocycles. The van der Waals surface area contributed by atoms with Gasteiger partial charge in [0.1, 0.15) is 0 Å². The van der Waals surface area contributed by atoms with Crippen LogP contribution in [0.1, 0.15) is 77.6 Å². The first-order valence-corrected chi connectivity index (χ1v) is 10.8. The molecule has 0 aliphatic heterocycles. The van der Waals surface area contributed by atoms with E-state index >= 15 is 0 Å². The minimum absolute atomic E-state index is 0.00846. The molecule has 27 heavy (non-hydrogen) atoms. The molecule has 2 amide bonds. The number of nitrogens with zero attached hydrogens (tertiary/aromatic N) is 1. The smallest absolute Gasteiger partial charge is 0.340 e. The van der Waals surface area contributed by atoms with Crippen LogP contribution in [0.25, 0.3) is 0 Å². The third-order valence-corrected chi connectivity index (χ3v) is 6.98. The first-order chi connectivity index (χ1) is 12.9. The molecule has 154 valence electrons. The summed E-state index contributed by atoms with van der Waals surface area (Å²) in [6, 6.07) is -0.275. The van der Waals surface area contributed by atoms with Gasteiger partial charge in [-0.1, -0.05) is 12.8 Å². The third kappa shape index (κ3) is 4.75. The Morgan fingerprint density at radius 3 is 2.15 bits per heavy atom. The molecule has 1 unspecified atom stereocenters. The molecule has 0 heterocycles. The molecule has 6 heteroatoms. The summed E-state index contributed by atoms with van der Waals surface area (Å²) in [6.07, 6.45) is 9.45. The van der Waals surface area contributed by atoms with Crippen molar-refractivity contribution in [1.29, 1.82) is 0 Å². The zero-order chi connectivity index (χ0) is 19.4. The second-order valence-corrected chi connectivity index (χ2v) is 9.05. The Kier molecular flexibility index (Phi) is 6.64. The van der Waals surface area contributed by atoms with Crippen LogP contribution in [0.5, 0.6) is 0 Å². The summed E-state index contributed by atoms with van der Waals surface area (Å²) in [6.45, 7) is 2.60. The highest BCUT2D eigenvalue weighted by Gasteiger charge is 2.54. The Morgan fingerprint density at radius 1 is 1.07 bits per heavy atom. The van der Waals surface area contributed by atoms with E-state index in [0.717, 1.165) is 56.3 Å². The van der Waals surface area contributed by atoms with Gasteiger partial charge in [0.25, 0.3) is 0 Å². The maximum Gasteiger partial charge on any atom is 0.340 e. The zero-order valence-corrected chi connectivity index (χ0v) is 16.6. The predicted molar refractivity (Wildman–Crippen MR) is 102 cm³/mol. The largest absolute Gasteiger partial charge is 0.464 e. The molecule has 4 rings (SSSR count). The number of urea groups is 1. The first-order valence-electron chi connectivity index (χ1n) is 10.8. The van der Waals surface area contributed by atoms with Gasteiger partial charge in [0, 0.05) is 12.1 Å². The molecule has 0 saturated heterocycles. The van der Waals surface area contributed by atoms with Crippen LogP contribution in [0.2, 0.25) is 0 Å². The Hall–Kier alpha value is -1.33. The molecule has 4 aliphatic rings. The fourth-order valence-electron chi connectivity index (χ4n) is 6.27. The molecule has 0 aromatic carbocycles. The van der Waals surface area contributed by atoms with Crippen molar-refractivity contribution in [2.45, 2.75) is 89.3 Å². The molecule has 4 bridgehead atoms. The molecule has 1 atom stereocenters. The van der Waals surface area contributed by atoms with E-state index in [1.165, 1.54) is 19.3 Å². The fraction of sp³-hybridized carbons (Fsp3) is 0.905. The number of ether oxygens (including phenoxy) is 1. The number of carbonyl (C=O) groups is 2. The van der Waals surface area contributed by atoms with Crippen LogP contribution in [-0.2, 0) is 9.53 Å². The predicted octanol–water partition coefficient (Wildman–Crippen LogP) is 4.19. The van der Waals surface area contributed by atoms with E-state index in [2.05, 4.69) is 4.74 Å². The fourth-order valence-corrected chi connectivity index (χ4v) is 6.27. The van der Waals surface area contributed by atoms with Gasteiger partial charge < -0.3 is 15.4 Å². The molecular formula is C21H35FN2O3. The van der Waals surface area contributed by atoms with E-state index in [-0.39, 0.29) is 24.6 Å². The van der Waals surface area contributed by atoms with Gasteiger partial charge in [0.2, 0.25) is 0 Å². The maximum atomic E-state index is 13.6. The minimum atomic E-state index is -1.51. The molecule has 4 saturated carbocycles. The van der Waals surface area contributed by atoms with Gasteiger partial charge in [-0.3, -0.25) is 0 Å². The molecule has 4 aliphatic carbocycles. The normalized spacial score (nSPS) is 32.3. The van der Waals surface area contributed by atoms with Crippen molar-refractivity contribution >= 4 is 12.0 Å². The summed E-state index contributed by atoms with van der Waals surface area (Å²) in [5, 5.41) is 0. The lowest BCUT2D eigenvalue weighted by molar-refractivity contribution is -0.149. The van der Waals surface area contributed by atoms with Crippen LogP contribution < -0.4 is 5.73 Å². The highest BCUT2D eigenvalue weighted by Crippen LogP contribution is 2.57. The molecule has 5 nitrogen and oxygen atoms in total. The van der Waals surface area contributed by atoms with Crippen molar-refractivity contribution in [1.82, 2.24) is 4.90 Å². The molecule has 2 N–H and O–H groups in total. The number of primary amides is 1. The average Bonchev–Trinajstić information content (AvgIpc) is 2.59. The maximum absolute atomic E-state index is 13.6. The molecule has 0 radical (unpaired) electrons. The number of nitrogens with two attached hydrogens (primary N) is 1. The van der Waals surface area contributed by atoms with Gasteiger partial charge in [-0.2, -0.15) is 0 Å². The van der Waals surface area contributed by atoms with E-state index in [4.69, 9.17) is 5.73 Å². The van der Waals surface area contributed by atoms with Gasteiger partial charge in [0.05, 0.1) is 6.61 Å². The van der Waals surface area contributed by atoms with E-state index in [1.807, 2.05) is 4.90 Å². The van der Waals surface area contributed by atoms with Crippen molar-refractivity contribution < 1.29 is 18.7 Å². The molecule has 0 aromatic rings. The third-order valence-electron chi connectivity index (χ3n) is 6.98. The van der Waals surface area contributed by atoms with Gasteiger partial charge in [-0.25, -0.2) is 14.0 Å². The lowest BCUT2D eigenvalue weighted by atomic mass is 9.52. The molecule has 0 spiro atoms. The van der Waals surface area contributed by atoms with Gasteiger partial charge in [-0.15, -0.1) is 0 Å². The Balaban J connectivity index is 1.41. The number of hydrogen-bond acceptors (Lipinski definition) is 3. The number of unbranched alkanes of at least 4 members (excludes halogenated alkanes) is 3. The molecule has 4 fully saturated rings.